The summed E-state index contributed by atoms with van der Waals surface area (Å²) < 4.78 is 0. The smallest absolute Gasteiger partial charge is 0.307 e. The van der Waals surface area contributed by atoms with Crippen LogP contribution in [0.25, 0.3) is 0 Å². The van der Waals surface area contributed by atoms with E-state index in [4.69, 9.17) is 10.2 Å². The van der Waals surface area contributed by atoms with E-state index in [0.29, 0.717) is 0 Å². The molecule has 0 unspecified atom stereocenters. The minimum Gasteiger partial charge on any atom is -0.481 e. The molecule has 0 saturated carbocycles. The second kappa shape index (κ2) is 6.41. The molecule has 98 valence electrons. The highest BCUT2D eigenvalue weighted by molar-refractivity contribution is 7.99. The van der Waals surface area contributed by atoms with Gasteiger partial charge in [-0.05, 0) is 29.3 Å². The number of aliphatic hydroxyl groups excluding tert-OH is 1. The van der Waals surface area contributed by atoms with Crippen LogP contribution in [0.3, 0.4) is 0 Å². The Balaban J connectivity index is 2.30. The van der Waals surface area contributed by atoms with Crippen molar-refractivity contribution in [3.05, 3.63) is 59.7 Å². The number of rotatable bonds is 5. The second-order valence-corrected chi connectivity index (χ2v) is 5.20. The fourth-order valence-electron chi connectivity index (χ4n) is 1.75. The average Bonchev–Trinajstić information content (AvgIpc) is 2.41. The van der Waals surface area contributed by atoms with Crippen molar-refractivity contribution in [3.8, 4) is 0 Å². The first-order valence-electron chi connectivity index (χ1n) is 5.86. The summed E-state index contributed by atoms with van der Waals surface area (Å²) in [6.07, 6.45) is -0.0387. The van der Waals surface area contributed by atoms with Crippen molar-refractivity contribution in [2.45, 2.75) is 22.8 Å². The van der Waals surface area contributed by atoms with Gasteiger partial charge in [-0.1, -0.05) is 42.1 Å². The van der Waals surface area contributed by atoms with E-state index in [0.717, 1.165) is 20.9 Å². The maximum atomic E-state index is 10.9. The molecule has 0 spiro atoms. The first-order chi connectivity index (χ1) is 9.19. The summed E-state index contributed by atoms with van der Waals surface area (Å²) in [5.41, 5.74) is 1.46. The van der Waals surface area contributed by atoms with Crippen LogP contribution in [0.2, 0.25) is 0 Å². The van der Waals surface area contributed by atoms with Crippen LogP contribution in [0.5, 0.6) is 0 Å². The highest BCUT2D eigenvalue weighted by Gasteiger charge is 2.09. The molecule has 0 aromatic heterocycles. The Labute approximate surface area is 115 Å². The monoisotopic (exact) mass is 274 g/mol. The molecule has 0 amide bonds. The van der Waals surface area contributed by atoms with Crippen molar-refractivity contribution in [1.82, 2.24) is 0 Å². The number of hydrogen-bond acceptors (Lipinski definition) is 3. The first-order valence-corrected chi connectivity index (χ1v) is 6.68. The fraction of sp³-hybridized carbons (Fsp3) is 0.133. The van der Waals surface area contributed by atoms with Gasteiger partial charge in [-0.15, -0.1) is 0 Å². The number of benzene rings is 2. The Bertz CT molecular complexity index is 567. The minimum absolute atomic E-state index is 0.0387. The normalized spacial score (nSPS) is 10.4. The number of carbonyl (C=O) groups is 1. The molecular formula is C15H14O3S. The Kier molecular flexibility index (Phi) is 4.60. The standard InChI is InChI=1S/C15H14O3S/c16-10-11-6-7-14(12(8-11)9-15(17)18)19-13-4-2-1-3-5-13/h1-8,16H,9-10H2,(H,17,18). The zero-order valence-corrected chi connectivity index (χ0v) is 11.1. The van der Waals surface area contributed by atoms with Gasteiger partial charge in [0.25, 0.3) is 0 Å². The van der Waals surface area contributed by atoms with Crippen LogP contribution >= 0.6 is 11.8 Å². The van der Waals surface area contributed by atoms with Gasteiger partial charge in [-0.3, -0.25) is 4.79 Å². The summed E-state index contributed by atoms with van der Waals surface area (Å²) in [7, 11) is 0. The molecule has 0 aliphatic carbocycles. The molecule has 0 heterocycles. The highest BCUT2D eigenvalue weighted by atomic mass is 32.2. The second-order valence-electron chi connectivity index (χ2n) is 4.09. The molecule has 2 N–H and O–H groups in total. The summed E-state index contributed by atoms with van der Waals surface area (Å²) in [5.74, 6) is -0.870. The molecule has 0 bridgehead atoms. The molecule has 0 aliphatic heterocycles. The Hall–Kier alpha value is -1.78. The third-order valence-electron chi connectivity index (χ3n) is 2.62. The summed E-state index contributed by atoms with van der Waals surface area (Å²) in [6.45, 7) is -0.0805. The van der Waals surface area contributed by atoms with E-state index >= 15 is 0 Å². The van der Waals surface area contributed by atoms with E-state index in [-0.39, 0.29) is 13.0 Å². The predicted octanol–water partition coefficient (Wildman–Crippen LogP) is 2.96. The van der Waals surface area contributed by atoms with Gasteiger partial charge in [0.1, 0.15) is 0 Å². The number of aliphatic hydroxyl groups is 1. The third-order valence-corrected chi connectivity index (χ3v) is 3.75. The van der Waals surface area contributed by atoms with Crippen molar-refractivity contribution in [2.75, 3.05) is 0 Å². The fourth-order valence-corrected chi connectivity index (χ4v) is 2.69. The number of hydrogen-bond donors (Lipinski definition) is 2. The lowest BCUT2D eigenvalue weighted by Crippen LogP contribution is -2.02. The number of aliphatic carboxylic acids is 1. The van der Waals surface area contributed by atoms with Crippen LogP contribution < -0.4 is 0 Å². The SMILES string of the molecule is O=C(O)Cc1cc(CO)ccc1Sc1ccccc1. The average molecular weight is 274 g/mol. The van der Waals surface area contributed by atoms with Gasteiger partial charge in [0, 0.05) is 9.79 Å². The van der Waals surface area contributed by atoms with E-state index in [1.165, 1.54) is 11.8 Å². The van der Waals surface area contributed by atoms with Crippen molar-refractivity contribution < 1.29 is 15.0 Å². The zero-order chi connectivity index (χ0) is 13.7. The third kappa shape index (κ3) is 3.84. The van der Waals surface area contributed by atoms with Crippen molar-refractivity contribution in [3.63, 3.8) is 0 Å². The predicted molar refractivity (Wildman–Crippen MR) is 74.3 cm³/mol. The molecule has 0 atom stereocenters. The first kappa shape index (κ1) is 13.6. The van der Waals surface area contributed by atoms with E-state index in [9.17, 15) is 4.79 Å². The molecule has 19 heavy (non-hydrogen) atoms. The zero-order valence-electron chi connectivity index (χ0n) is 10.2. The van der Waals surface area contributed by atoms with Crippen LogP contribution in [0, 0.1) is 0 Å². The van der Waals surface area contributed by atoms with Gasteiger partial charge >= 0.3 is 5.97 Å². The van der Waals surface area contributed by atoms with Gasteiger partial charge in [-0.25, -0.2) is 0 Å². The Morgan fingerprint density at radius 1 is 1.11 bits per heavy atom. The molecule has 4 heteroatoms. The van der Waals surface area contributed by atoms with Gasteiger partial charge in [0.2, 0.25) is 0 Å². The molecule has 2 aromatic rings. The molecule has 0 radical (unpaired) electrons. The largest absolute Gasteiger partial charge is 0.481 e. The summed E-state index contributed by atoms with van der Waals surface area (Å²) >= 11 is 1.53. The van der Waals surface area contributed by atoms with E-state index < -0.39 is 5.97 Å². The topological polar surface area (TPSA) is 57.5 Å². The summed E-state index contributed by atoms with van der Waals surface area (Å²) in [5, 5.41) is 18.1. The van der Waals surface area contributed by atoms with Crippen LogP contribution in [-0.2, 0) is 17.8 Å². The van der Waals surface area contributed by atoms with E-state index in [1.807, 2.05) is 42.5 Å². The van der Waals surface area contributed by atoms with E-state index in [2.05, 4.69) is 0 Å². The van der Waals surface area contributed by atoms with Crippen LogP contribution in [-0.4, -0.2) is 16.2 Å². The maximum Gasteiger partial charge on any atom is 0.307 e. The Morgan fingerprint density at radius 3 is 2.47 bits per heavy atom. The number of carboxylic acid groups (broad SMARTS) is 1. The van der Waals surface area contributed by atoms with Crippen LogP contribution in [0.15, 0.2) is 58.3 Å². The summed E-state index contributed by atoms with van der Waals surface area (Å²) in [6, 6.07) is 15.2. The van der Waals surface area contributed by atoms with Crippen molar-refractivity contribution >= 4 is 17.7 Å². The maximum absolute atomic E-state index is 10.9. The molecule has 0 aliphatic rings. The van der Waals surface area contributed by atoms with E-state index in [1.54, 1.807) is 6.07 Å². The molecule has 0 saturated heterocycles. The van der Waals surface area contributed by atoms with Crippen molar-refractivity contribution in [1.29, 1.82) is 0 Å². The molecule has 2 aromatic carbocycles. The number of carboxylic acids is 1. The van der Waals surface area contributed by atoms with Gasteiger partial charge in [-0.2, -0.15) is 0 Å². The molecule has 2 rings (SSSR count). The van der Waals surface area contributed by atoms with Crippen molar-refractivity contribution in [2.24, 2.45) is 0 Å². The van der Waals surface area contributed by atoms with Gasteiger partial charge in [0.05, 0.1) is 13.0 Å². The quantitative estimate of drug-likeness (QED) is 0.880. The van der Waals surface area contributed by atoms with Crippen LogP contribution in [0.4, 0.5) is 0 Å². The minimum atomic E-state index is -0.870. The molecule has 3 nitrogen and oxygen atoms in total. The van der Waals surface area contributed by atoms with Gasteiger partial charge < -0.3 is 10.2 Å². The lowest BCUT2D eigenvalue weighted by Gasteiger charge is -2.09. The van der Waals surface area contributed by atoms with Crippen LogP contribution in [0.1, 0.15) is 11.1 Å². The van der Waals surface area contributed by atoms with Gasteiger partial charge in [0.15, 0.2) is 0 Å². The highest BCUT2D eigenvalue weighted by Crippen LogP contribution is 2.31. The lowest BCUT2D eigenvalue weighted by atomic mass is 10.1. The lowest BCUT2D eigenvalue weighted by molar-refractivity contribution is -0.136. The summed E-state index contributed by atoms with van der Waals surface area (Å²) in [4.78, 5) is 12.9. The molecular weight excluding hydrogens is 260 g/mol. The Morgan fingerprint density at radius 2 is 1.84 bits per heavy atom. The molecule has 0 fully saturated rings.